The number of pyridine rings is 2. The van der Waals surface area contributed by atoms with Crippen molar-refractivity contribution in [3.63, 3.8) is 0 Å². The van der Waals surface area contributed by atoms with Crippen molar-refractivity contribution in [3.05, 3.63) is 87.7 Å². The Labute approximate surface area is 263 Å². The van der Waals surface area contributed by atoms with Crippen LogP contribution in [-0.4, -0.2) is 26.6 Å². The van der Waals surface area contributed by atoms with Crippen LogP contribution in [0, 0.1) is 35.0 Å². The van der Waals surface area contributed by atoms with Gasteiger partial charge in [0.05, 0.1) is 39.6 Å². The number of hydrogen-bond acceptors (Lipinski definition) is 8. The predicted octanol–water partition coefficient (Wildman–Crippen LogP) is 5.66. The van der Waals surface area contributed by atoms with Gasteiger partial charge in [0, 0.05) is 48.6 Å². The minimum absolute atomic E-state index is 0.00474. The first-order valence-corrected chi connectivity index (χ1v) is 15.6. The molecular formula is C36H38N8O. The van der Waals surface area contributed by atoms with Gasteiger partial charge in [0.25, 0.3) is 5.56 Å². The fraction of sp³-hybridized carbons (Fsp3) is 0.361. The van der Waals surface area contributed by atoms with E-state index < -0.39 is 0 Å². The Balaban J connectivity index is 1.37. The van der Waals surface area contributed by atoms with E-state index in [1.165, 1.54) is 25.7 Å². The van der Waals surface area contributed by atoms with Crippen LogP contribution in [0.4, 0.5) is 11.4 Å². The van der Waals surface area contributed by atoms with Gasteiger partial charge in [-0.05, 0) is 72.2 Å². The van der Waals surface area contributed by atoms with Crippen LogP contribution in [0.25, 0.3) is 21.7 Å². The molecule has 2 fully saturated rings. The molecule has 4 N–H and O–H groups in total. The molecule has 4 aromatic rings. The van der Waals surface area contributed by atoms with Gasteiger partial charge < -0.3 is 20.6 Å². The number of hydrogen-bond donors (Lipinski definition) is 4. The van der Waals surface area contributed by atoms with Gasteiger partial charge in [-0.3, -0.25) is 14.8 Å². The summed E-state index contributed by atoms with van der Waals surface area (Å²) in [4.78, 5) is 17.7. The van der Waals surface area contributed by atoms with E-state index in [0.29, 0.717) is 34.5 Å². The second-order valence-corrected chi connectivity index (χ2v) is 13.8. The molecule has 228 valence electrons. The highest BCUT2D eigenvalue weighted by Crippen LogP contribution is 2.57. The van der Waals surface area contributed by atoms with E-state index in [9.17, 15) is 10.1 Å². The van der Waals surface area contributed by atoms with E-state index in [1.54, 1.807) is 17.8 Å². The summed E-state index contributed by atoms with van der Waals surface area (Å²) in [6.45, 7) is 7.16. The molecule has 2 aromatic heterocycles. The zero-order valence-corrected chi connectivity index (χ0v) is 26.2. The van der Waals surface area contributed by atoms with Crippen LogP contribution in [-0.2, 0) is 7.05 Å². The molecule has 0 spiro atoms. The molecule has 0 saturated heterocycles. The minimum atomic E-state index is -0.368. The van der Waals surface area contributed by atoms with Crippen molar-refractivity contribution in [1.29, 1.82) is 5.26 Å². The number of benzene rings is 2. The van der Waals surface area contributed by atoms with Gasteiger partial charge in [-0.25, -0.2) is 0 Å². The van der Waals surface area contributed by atoms with Gasteiger partial charge in [-0.1, -0.05) is 38.8 Å². The van der Waals surface area contributed by atoms with Crippen LogP contribution in [0.1, 0.15) is 69.2 Å². The molecule has 3 heterocycles. The smallest absolute Gasteiger partial charge is 0.258 e. The van der Waals surface area contributed by atoms with Gasteiger partial charge in [-0.2, -0.15) is 5.26 Å². The van der Waals surface area contributed by atoms with Crippen molar-refractivity contribution in [3.8, 4) is 18.4 Å². The van der Waals surface area contributed by atoms with Crippen molar-refractivity contribution in [2.75, 3.05) is 17.2 Å². The van der Waals surface area contributed by atoms with E-state index in [2.05, 4.69) is 76.6 Å². The number of fused-ring (bicyclic) bond motifs is 2. The van der Waals surface area contributed by atoms with Crippen molar-refractivity contribution >= 4 is 33.1 Å². The Morgan fingerprint density at radius 2 is 1.96 bits per heavy atom. The molecule has 2 aromatic carbocycles. The number of aromatic nitrogens is 2. The van der Waals surface area contributed by atoms with E-state index in [0.717, 1.165) is 33.4 Å². The van der Waals surface area contributed by atoms with E-state index in [-0.39, 0.29) is 22.6 Å². The molecule has 2 aliphatic carbocycles. The molecule has 0 unspecified atom stereocenters. The highest BCUT2D eigenvalue weighted by molar-refractivity contribution is 5.99. The lowest BCUT2D eigenvalue weighted by molar-refractivity contribution is 0.156. The summed E-state index contributed by atoms with van der Waals surface area (Å²) in [6, 6.07) is 13.7. The number of hydrazine groups is 2. The largest absolute Gasteiger partial charge is 0.383 e. The quantitative estimate of drug-likeness (QED) is 0.193. The Hall–Kier alpha value is -4.99. The Bertz CT molecular complexity index is 2010. The molecule has 1 aliphatic heterocycles. The molecule has 0 amide bonds. The zero-order valence-electron chi connectivity index (χ0n) is 26.2. The van der Waals surface area contributed by atoms with Crippen LogP contribution < -0.4 is 27.2 Å². The first-order valence-electron chi connectivity index (χ1n) is 15.6. The molecule has 2 saturated carbocycles. The van der Waals surface area contributed by atoms with Crippen LogP contribution >= 0.6 is 0 Å². The second kappa shape index (κ2) is 10.6. The van der Waals surface area contributed by atoms with Gasteiger partial charge in [0.15, 0.2) is 0 Å². The average Bonchev–Trinajstić information content (AvgIpc) is 3.97. The second-order valence-electron chi connectivity index (χ2n) is 13.8. The van der Waals surface area contributed by atoms with Crippen molar-refractivity contribution in [2.45, 2.75) is 58.0 Å². The molecule has 0 radical (unpaired) electrons. The summed E-state index contributed by atoms with van der Waals surface area (Å²) in [5, 5.41) is 22.1. The summed E-state index contributed by atoms with van der Waals surface area (Å²) in [5.74, 6) is 3.48. The third-order valence-electron chi connectivity index (χ3n) is 9.30. The van der Waals surface area contributed by atoms with Crippen LogP contribution in [0.15, 0.2) is 65.5 Å². The summed E-state index contributed by atoms with van der Waals surface area (Å²) < 4.78 is 1.60. The predicted molar refractivity (Wildman–Crippen MR) is 179 cm³/mol. The lowest BCUT2D eigenvalue weighted by Gasteiger charge is -2.26. The maximum Gasteiger partial charge on any atom is 0.258 e. The summed E-state index contributed by atoms with van der Waals surface area (Å²) in [6.07, 6.45) is 16.4. The first-order chi connectivity index (χ1) is 21.6. The number of aryl methyl sites for hydroxylation is 1. The molecule has 45 heavy (non-hydrogen) atoms. The van der Waals surface area contributed by atoms with Crippen molar-refractivity contribution in [2.24, 2.45) is 18.4 Å². The van der Waals surface area contributed by atoms with Crippen LogP contribution in [0.5, 0.6) is 0 Å². The number of anilines is 2. The molecule has 9 nitrogen and oxygen atoms in total. The zero-order chi connectivity index (χ0) is 31.5. The molecule has 9 heteroatoms. The van der Waals surface area contributed by atoms with Crippen LogP contribution in [0.2, 0.25) is 0 Å². The average molecular weight is 599 g/mol. The third kappa shape index (κ3) is 5.13. The Morgan fingerprint density at radius 1 is 1.16 bits per heavy atom. The van der Waals surface area contributed by atoms with E-state index in [4.69, 9.17) is 6.42 Å². The number of rotatable bonds is 8. The lowest BCUT2D eigenvalue weighted by Crippen LogP contribution is -2.46. The van der Waals surface area contributed by atoms with Gasteiger partial charge in [-0.15, -0.1) is 12.0 Å². The molecule has 7 rings (SSSR count). The number of nitriles is 1. The maximum absolute atomic E-state index is 13.1. The Morgan fingerprint density at radius 3 is 2.64 bits per heavy atom. The van der Waals surface area contributed by atoms with Gasteiger partial charge in [0.1, 0.15) is 6.07 Å². The number of nitrogens with zero attached hydrogens (tertiary/aromatic N) is 4. The highest BCUT2D eigenvalue weighted by atomic mass is 16.1. The third-order valence-corrected chi connectivity index (χ3v) is 9.30. The van der Waals surface area contributed by atoms with E-state index in [1.807, 2.05) is 36.5 Å². The van der Waals surface area contributed by atoms with Crippen LogP contribution in [0.3, 0.4) is 0 Å². The first kappa shape index (κ1) is 28.8. The lowest BCUT2D eigenvalue weighted by atomic mass is 9.95. The number of terminal acetylenes is 1. The molecule has 1 atom stereocenters. The van der Waals surface area contributed by atoms with E-state index >= 15 is 0 Å². The standard InChI is InChI=1S/C36H38N8O/c1-6-22-19-38-32-23(18-37)16-25(17-29(32)31(22)39-21-35(2,3)4)40-33(27-8-7-9-28-26(27)12-15-43(5)34(28)45)30-20-44(42-41-30)36(13-14-36)24-10-11-24/h1,7-9,12,15-17,19-20,24,33,40-42H,10-11,13-14,21H2,2-5H3,(H,38,39)/t33-/m0/s1. The SMILES string of the molecule is C#Cc1cnc2c(C#N)cc(N[C@H](C3=CN(C4(C5CC5)CC4)NN3)c3cccc4c(=O)n(C)ccc34)cc2c1NCC(C)(C)C. The molecular weight excluding hydrogens is 560 g/mol. The van der Waals surface area contributed by atoms with Crippen molar-refractivity contribution in [1.82, 2.24) is 25.5 Å². The summed E-state index contributed by atoms with van der Waals surface area (Å²) in [5.41, 5.74) is 12.1. The maximum atomic E-state index is 13.1. The normalized spacial score (nSPS) is 17.7. The molecule has 3 aliphatic rings. The molecule has 0 bridgehead atoms. The monoisotopic (exact) mass is 598 g/mol. The summed E-state index contributed by atoms with van der Waals surface area (Å²) >= 11 is 0. The van der Waals surface area contributed by atoms with Gasteiger partial charge >= 0.3 is 0 Å². The van der Waals surface area contributed by atoms with Crippen molar-refractivity contribution < 1.29 is 0 Å². The topological polar surface area (TPSA) is 110 Å². The fourth-order valence-corrected chi connectivity index (χ4v) is 6.58. The Kier molecular flexibility index (Phi) is 6.76. The highest BCUT2D eigenvalue weighted by Gasteiger charge is 2.58. The van der Waals surface area contributed by atoms with Gasteiger partial charge in [0.2, 0.25) is 0 Å². The summed E-state index contributed by atoms with van der Waals surface area (Å²) in [7, 11) is 1.77. The minimum Gasteiger partial charge on any atom is -0.383 e. The number of nitrogens with one attached hydrogen (secondary N) is 4. The fourth-order valence-electron chi connectivity index (χ4n) is 6.58.